The number of sulfonamides is 1. The molecular weight excluding hydrogens is 487 g/mol. The van der Waals surface area contributed by atoms with Gasteiger partial charge in [-0.25, -0.2) is 22.7 Å². The van der Waals surface area contributed by atoms with Crippen LogP contribution in [0.5, 0.6) is 5.75 Å². The third-order valence-electron chi connectivity index (χ3n) is 5.86. The van der Waals surface area contributed by atoms with Crippen LogP contribution in [-0.4, -0.2) is 45.0 Å². The van der Waals surface area contributed by atoms with E-state index in [1.165, 1.54) is 42.3 Å². The number of amides is 3. The van der Waals surface area contributed by atoms with Gasteiger partial charge in [0.15, 0.2) is 0 Å². The Hall–Kier alpha value is -3.96. The molecule has 1 saturated heterocycles. The second-order valence-corrected chi connectivity index (χ2v) is 9.77. The van der Waals surface area contributed by atoms with Crippen LogP contribution in [-0.2, 0) is 14.8 Å². The van der Waals surface area contributed by atoms with E-state index in [-0.39, 0.29) is 21.7 Å². The van der Waals surface area contributed by atoms with E-state index in [0.29, 0.717) is 30.8 Å². The van der Waals surface area contributed by atoms with E-state index in [9.17, 15) is 22.4 Å². The molecule has 188 valence electrons. The highest BCUT2D eigenvalue weighted by Crippen LogP contribution is 2.31. The smallest absolute Gasteiger partial charge is 0.322 e. The minimum atomic E-state index is -4.07. The number of nitrogens with two attached hydrogens (primary N) is 1. The number of ether oxygens (including phenoxy) is 1. The minimum Gasteiger partial charge on any atom is -0.497 e. The fourth-order valence-corrected chi connectivity index (χ4v) is 4.91. The molecule has 1 unspecified atom stereocenters. The van der Waals surface area contributed by atoms with Gasteiger partial charge in [-0.05, 0) is 49.2 Å². The number of urea groups is 1. The van der Waals surface area contributed by atoms with Crippen LogP contribution in [0.2, 0.25) is 0 Å². The van der Waals surface area contributed by atoms with E-state index in [2.05, 4.69) is 10.6 Å². The fourth-order valence-electron chi connectivity index (χ4n) is 4.15. The van der Waals surface area contributed by atoms with Gasteiger partial charge in [-0.2, -0.15) is 0 Å². The van der Waals surface area contributed by atoms with Gasteiger partial charge in [0, 0.05) is 35.1 Å². The van der Waals surface area contributed by atoms with Gasteiger partial charge in [0.05, 0.1) is 12.0 Å². The van der Waals surface area contributed by atoms with Crippen molar-refractivity contribution in [1.82, 2.24) is 4.90 Å². The van der Waals surface area contributed by atoms with Gasteiger partial charge in [0.2, 0.25) is 15.9 Å². The maximum atomic E-state index is 15.0. The number of primary sulfonamides is 1. The highest BCUT2D eigenvalue weighted by Gasteiger charge is 2.34. The van der Waals surface area contributed by atoms with E-state index in [4.69, 9.17) is 9.88 Å². The molecule has 4 rings (SSSR count). The van der Waals surface area contributed by atoms with E-state index in [1.807, 2.05) is 0 Å². The second kappa shape index (κ2) is 10.3. The van der Waals surface area contributed by atoms with Crippen LogP contribution in [0.15, 0.2) is 71.6 Å². The summed E-state index contributed by atoms with van der Waals surface area (Å²) in [7, 11) is -2.54. The zero-order valence-electron chi connectivity index (χ0n) is 19.4. The van der Waals surface area contributed by atoms with Crippen molar-refractivity contribution in [3.8, 4) is 16.9 Å². The van der Waals surface area contributed by atoms with Gasteiger partial charge in [-0.3, -0.25) is 4.79 Å². The molecule has 1 atom stereocenters. The van der Waals surface area contributed by atoms with Crippen LogP contribution in [0.25, 0.3) is 11.1 Å². The lowest BCUT2D eigenvalue weighted by atomic mass is 10.0. The number of carbonyl (C=O) groups excluding carboxylic acids is 2. The molecule has 0 radical (unpaired) electrons. The molecule has 11 heteroatoms. The number of nitrogens with zero attached hydrogens (tertiary/aromatic N) is 1. The first kappa shape index (κ1) is 25.1. The molecule has 0 bridgehead atoms. The van der Waals surface area contributed by atoms with Crippen LogP contribution >= 0.6 is 0 Å². The Balaban J connectivity index is 1.48. The van der Waals surface area contributed by atoms with Gasteiger partial charge >= 0.3 is 6.03 Å². The highest BCUT2D eigenvalue weighted by atomic mass is 32.2. The first-order valence-corrected chi connectivity index (χ1v) is 12.7. The average molecular weight is 513 g/mol. The van der Waals surface area contributed by atoms with Crippen molar-refractivity contribution in [2.75, 3.05) is 24.3 Å². The summed E-state index contributed by atoms with van der Waals surface area (Å²) in [6.07, 6.45) is 1.10. The van der Waals surface area contributed by atoms with Gasteiger partial charge < -0.3 is 20.3 Å². The zero-order chi connectivity index (χ0) is 25.9. The highest BCUT2D eigenvalue weighted by molar-refractivity contribution is 7.89. The largest absolute Gasteiger partial charge is 0.497 e. The fraction of sp³-hybridized carbons (Fsp3) is 0.200. The van der Waals surface area contributed by atoms with Gasteiger partial charge in [0.1, 0.15) is 17.6 Å². The molecule has 1 fully saturated rings. The zero-order valence-corrected chi connectivity index (χ0v) is 20.2. The van der Waals surface area contributed by atoms with E-state index >= 15 is 0 Å². The molecule has 1 aliphatic rings. The summed E-state index contributed by atoms with van der Waals surface area (Å²) in [6, 6.07) is 15.5. The molecule has 0 spiro atoms. The topological polar surface area (TPSA) is 131 Å². The molecule has 0 saturated carbocycles. The van der Waals surface area contributed by atoms with Crippen molar-refractivity contribution in [1.29, 1.82) is 0 Å². The van der Waals surface area contributed by atoms with Crippen molar-refractivity contribution < 1.29 is 27.1 Å². The predicted octanol–water partition coefficient (Wildman–Crippen LogP) is 3.78. The predicted molar refractivity (Wildman–Crippen MR) is 134 cm³/mol. The second-order valence-electron chi connectivity index (χ2n) is 8.24. The van der Waals surface area contributed by atoms with Crippen molar-refractivity contribution in [2.24, 2.45) is 5.14 Å². The Morgan fingerprint density at radius 1 is 1.00 bits per heavy atom. The molecule has 3 aromatic rings. The molecule has 0 aromatic heterocycles. The van der Waals surface area contributed by atoms with Crippen molar-refractivity contribution in [3.63, 3.8) is 0 Å². The minimum absolute atomic E-state index is 0.0257. The Bertz CT molecular complexity index is 1410. The van der Waals surface area contributed by atoms with Crippen LogP contribution in [0.4, 0.5) is 20.6 Å². The standard InChI is InChI=1S/C25H25FN4O5S/c1-35-18-7-4-6-16(14-18)29-25(32)30-13-5-9-22(30)24(31)28-17-11-12-19(21(26)15-17)20-8-2-3-10-23(20)36(27,33)34/h2-4,6-8,10-12,14-15,22H,5,9,13H2,1H3,(H,28,31)(H,29,32)(H2,27,33,34). The van der Waals surface area contributed by atoms with Gasteiger partial charge in [-0.15, -0.1) is 0 Å². The summed E-state index contributed by atoms with van der Waals surface area (Å²) in [6.45, 7) is 0.394. The maximum absolute atomic E-state index is 15.0. The molecule has 4 N–H and O–H groups in total. The number of halogens is 1. The number of likely N-dealkylation sites (tertiary alicyclic amines) is 1. The lowest BCUT2D eigenvalue weighted by molar-refractivity contribution is -0.119. The molecule has 3 amide bonds. The normalized spacial score (nSPS) is 15.4. The van der Waals surface area contributed by atoms with Crippen LogP contribution in [0, 0.1) is 5.82 Å². The summed E-state index contributed by atoms with van der Waals surface area (Å²) >= 11 is 0. The molecule has 1 heterocycles. The van der Waals surface area contributed by atoms with E-state index in [1.54, 1.807) is 30.3 Å². The molecule has 9 nitrogen and oxygen atoms in total. The number of nitrogens with one attached hydrogen (secondary N) is 2. The Kier molecular flexibility index (Phi) is 7.22. The molecule has 36 heavy (non-hydrogen) atoms. The summed E-state index contributed by atoms with van der Waals surface area (Å²) < 4.78 is 43.9. The van der Waals surface area contributed by atoms with E-state index < -0.39 is 33.8 Å². The van der Waals surface area contributed by atoms with Gasteiger partial charge in [-0.1, -0.05) is 24.3 Å². The lowest BCUT2D eigenvalue weighted by Crippen LogP contribution is -2.45. The van der Waals surface area contributed by atoms with Gasteiger partial charge in [0.25, 0.3) is 0 Å². The quantitative estimate of drug-likeness (QED) is 0.463. The molecule has 1 aliphatic heterocycles. The Morgan fingerprint density at radius 3 is 2.47 bits per heavy atom. The van der Waals surface area contributed by atoms with Crippen LogP contribution in [0.1, 0.15) is 12.8 Å². The molecule has 3 aromatic carbocycles. The van der Waals surface area contributed by atoms with E-state index in [0.717, 1.165) is 6.07 Å². The SMILES string of the molecule is COc1cccc(NC(=O)N2CCCC2C(=O)Nc2ccc(-c3ccccc3S(N)(=O)=O)c(F)c2)c1. The molecular formula is C25H25FN4O5S. The number of rotatable bonds is 6. The van der Waals surface area contributed by atoms with Crippen molar-refractivity contribution >= 4 is 33.3 Å². The van der Waals surface area contributed by atoms with Crippen molar-refractivity contribution in [2.45, 2.75) is 23.8 Å². The number of hydrogen-bond acceptors (Lipinski definition) is 5. The third-order valence-corrected chi connectivity index (χ3v) is 6.83. The maximum Gasteiger partial charge on any atom is 0.322 e. The van der Waals surface area contributed by atoms with Crippen LogP contribution in [0.3, 0.4) is 0 Å². The summed E-state index contributed by atoms with van der Waals surface area (Å²) in [5.74, 6) is -0.603. The molecule has 0 aliphatic carbocycles. The monoisotopic (exact) mass is 512 g/mol. The lowest BCUT2D eigenvalue weighted by Gasteiger charge is -2.24. The Morgan fingerprint density at radius 2 is 1.75 bits per heavy atom. The number of anilines is 2. The number of methoxy groups -OCH3 is 1. The number of carbonyl (C=O) groups is 2. The summed E-state index contributed by atoms with van der Waals surface area (Å²) in [4.78, 5) is 27.0. The Labute approximate surface area is 208 Å². The van der Waals surface area contributed by atoms with Crippen molar-refractivity contribution in [3.05, 3.63) is 72.5 Å². The first-order chi connectivity index (χ1) is 17.2. The van der Waals surface area contributed by atoms with Crippen LogP contribution < -0.4 is 20.5 Å². The first-order valence-electron chi connectivity index (χ1n) is 11.1. The number of benzene rings is 3. The third kappa shape index (κ3) is 5.47. The average Bonchev–Trinajstić information content (AvgIpc) is 3.34. The summed E-state index contributed by atoms with van der Waals surface area (Å²) in [5.41, 5.74) is 0.849. The summed E-state index contributed by atoms with van der Waals surface area (Å²) in [5, 5.41) is 10.7. The number of hydrogen-bond donors (Lipinski definition) is 3.